The number of ether oxygens (including phenoxy) is 1. The van der Waals surface area contributed by atoms with E-state index in [2.05, 4.69) is 22.9 Å². The minimum atomic E-state index is -0.550. The number of nitrogens with zero attached hydrogens (tertiary/aromatic N) is 2. The normalized spacial score (nSPS) is 13.8. The third kappa shape index (κ3) is 5.05. The van der Waals surface area contributed by atoms with E-state index < -0.39 is 6.10 Å². The lowest BCUT2D eigenvalue weighted by atomic mass is 10.1. The smallest absolute Gasteiger partial charge is 0.122 e. The lowest BCUT2D eigenvalue weighted by Crippen LogP contribution is -2.35. The highest BCUT2D eigenvalue weighted by Crippen LogP contribution is 2.20. The molecule has 4 heteroatoms. The molecule has 1 aromatic heterocycles. The van der Waals surface area contributed by atoms with Crippen molar-refractivity contribution in [1.29, 1.82) is 0 Å². The molecule has 2 aromatic rings. The van der Waals surface area contributed by atoms with Gasteiger partial charge in [0.05, 0.1) is 5.69 Å². The Morgan fingerprint density at radius 3 is 2.70 bits per heavy atom. The van der Waals surface area contributed by atoms with Crippen LogP contribution in [0.2, 0.25) is 0 Å². The highest BCUT2D eigenvalue weighted by atomic mass is 16.5. The Morgan fingerprint density at radius 2 is 2.00 bits per heavy atom. The molecule has 0 saturated heterocycles. The van der Waals surface area contributed by atoms with Gasteiger partial charge in [-0.2, -0.15) is 0 Å². The maximum atomic E-state index is 10.2. The number of aryl methyl sites for hydroxylation is 2. The van der Waals surface area contributed by atoms with Crippen molar-refractivity contribution in [1.82, 2.24) is 9.88 Å². The molecule has 0 fully saturated rings. The lowest BCUT2D eigenvalue weighted by molar-refractivity contribution is 0.0646. The standard InChI is InChI=1S/C19H26N2O2/c1-14-8-9-15(2)19(11-14)23-13-17(22)12-21(4)16(3)18-7-5-6-10-20-18/h5-11,16-17,22H,12-13H2,1-4H3. The lowest BCUT2D eigenvalue weighted by Gasteiger charge is -2.26. The van der Waals surface area contributed by atoms with Gasteiger partial charge in [-0.05, 0) is 57.1 Å². The monoisotopic (exact) mass is 314 g/mol. The number of likely N-dealkylation sites (N-methyl/N-ethyl adjacent to an activating group) is 1. The summed E-state index contributed by atoms with van der Waals surface area (Å²) >= 11 is 0. The molecule has 1 heterocycles. The molecule has 0 aliphatic heterocycles. The van der Waals surface area contributed by atoms with Crippen molar-refractivity contribution in [2.24, 2.45) is 0 Å². The summed E-state index contributed by atoms with van der Waals surface area (Å²) in [4.78, 5) is 6.45. The van der Waals surface area contributed by atoms with Crippen molar-refractivity contribution >= 4 is 0 Å². The average Bonchev–Trinajstić information content (AvgIpc) is 2.55. The van der Waals surface area contributed by atoms with E-state index in [0.717, 1.165) is 22.6 Å². The molecule has 0 radical (unpaired) electrons. The van der Waals surface area contributed by atoms with E-state index in [1.165, 1.54) is 0 Å². The van der Waals surface area contributed by atoms with Crippen LogP contribution >= 0.6 is 0 Å². The summed E-state index contributed by atoms with van der Waals surface area (Å²) in [5, 5.41) is 10.2. The van der Waals surface area contributed by atoms with Gasteiger partial charge in [0.2, 0.25) is 0 Å². The molecule has 2 rings (SSSR count). The van der Waals surface area contributed by atoms with E-state index in [-0.39, 0.29) is 12.6 Å². The van der Waals surface area contributed by atoms with Crippen molar-refractivity contribution < 1.29 is 9.84 Å². The molecule has 4 nitrogen and oxygen atoms in total. The second-order valence-corrected chi connectivity index (χ2v) is 6.10. The van der Waals surface area contributed by atoms with Gasteiger partial charge in [0.25, 0.3) is 0 Å². The van der Waals surface area contributed by atoms with Crippen LogP contribution in [0.4, 0.5) is 0 Å². The Kier molecular flexibility index (Phi) is 6.13. The first-order valence-corrected chi connectivity index (χ1v) is 7.96. The van der Waals surface area contributed by atoms with Crippen molar-refractivity contribution in [3.05, 3.63) is 59.4 Å². The quantitative estimate of drug-likeness (QED) is 0.853. The van der Waals surface area contributed by atoms with E-state index >= 15 is 0 Å². The van der Waals surface area contributed by atoms with Crippen molar-refractivity contribution in [3.8, 4) is 5.75 Å². The number of benzene rings is 1. The van der Waals surface area contributed by atoms with Gasteiger partial charge in [-0.15, -0.1) is 0 Å². The molecular weight excluding hydrogens is 288 g/mol. The van der Waals surface area contributed by atoms with Crippen LogP contribution in [0.1, 0.15) is 29.8 Å². The zero-order valence-corrected chi connectivity index (χ0v) is 14.4. The predicted molar refractivity (Wildman–Crippen MR) is 92.7 cm³/mol. The largest absolute Gasteiger partial charge is 0.491 e. The van der Waals surface area contributed by atoms with Gasteiger partial charge in [0.1, 0.15) is 18.5 Å². The molecule has 0 bridgehead atoms. The van der Waals surface area contributed by atoms with Gasteiger partial charge in [-0.25, -0.2) is 0 Å². The van der Waals surface area contributed by atoms with E-state index in [4.69, 9.17) is 4.74 Å². The summed E-state index contributed by atoms with van der Waals surface area (Å²) in [5.41, 5.74) is 3.23. The zero-order chi connectivity index (χ0) is 16.8. The van der Waals surface area contributed by atoms with Gasteiger partial charge in [0, 0.05) is 18.8 Å². The maximum Gasteiger partial charge on any atom is 0.122 e. The number of hydrogen-bond acceptors (Lipinski definition) is 4. The van der Waals surface area contributed by atoms with Crippen molar-refractivity contribution in [2.75, 3.05) is 20.2 Å². The second-order valence-electron chi connectivity index (χ2n) is 6.10. The summed E-state index contributed by atoms with van der Waals surface area (Å²) in [6.07, 6.45) is 1.24. The molecule has 0 aliphatic rings. The second kappa shape index (κ2) is 8.09. The fourth-order valence-corrected chi connectivity index (χ4v) is 2.44. The third-order valence-corrected chi connectivity index (χ3v) is 4.05. The van der Waals surface area contributed by atoms with E-state index in [1.54, 1.807) is 6.20 Å². The SMILES string of the molecule is Cc1ccc(C)c(OCC(O)CN(C)C(C)c2ccccn2)c1. The fraction of sp³-hybridized carbons (Fsp3) is 0.421. The van der Waals surface area contributed by atoms with E-state index in [1.807, 2.05) is 51.2 Å². The number of aliphatic hydroxyl groups excluding tert-OH is 1. The highest BCUT2D eigenvalue weighted by Gasteiger charge is 2.17. The molecule has 0 aliphatic carbocycles. The number of rotatable bonds is 7. The average molecular weight is 314 g/mol. The Balaban J connectivity index is 1.86. The van der Waals surface area contributed by atoms with E-state index in [9.17, 15) is 5.11 Å². The first-order valence-electron chi connectivity index (χ1n) is 7.96. The first kappa shape index (κ1) is 17.4. The molecule has 124 valence electrons. The predicted octanol–water partition coefficient (Wildman–Crippen LogP) is 3.13. The van der Waals surface area contributed by atoms with Crippen molar-refractivity contribution in [2.45, 2.75) is 32.9 Å². The Labute approximate surface area is 138 Å². The van der Waals surface area contributed by atoms with Crippen LogP contribution < -0.4 is 4.74 Å². The van der Waals surface area contributed by atoms with Gasteiger partial charge in [-0.3, -0.25) is 9.88 Å². The fourth-order valence-electron chi connectivity index (χ4n) is 2.44. The minimum absolute atomic E-state index is 0.145. The van der Waals surface area contributed by atoms with Gasteiger partial charge in [-0.1, -0.05) is 18.2 Å². The summed E-state index contributed by atoms with van der Waals surface area (Å²) < 4.78 is 5.77. The number of pyridine rings is 1. The van der Waals surface area contributed by atoms with Crippen LogP contribution in [0.5, 0.6) is 5.75 Å². The summed E-state index contributed by atoms with van der Waals surface area (Å²) in [6.45, 7) is 6.94. The Hall–Kier alpha value is -1.91. The Morgan fingerprint density at radius 1 is 1.22 bits per heavy atom. The van der Waals surface area contributed by atoms with Crippen LogP contribution in [0.15, 0.2) is 42.6 Å². The minimum Gasteiger partial charge on any atom is -0.491 e. The summed E-state index contributed by atoms with van der Waals surface area (Å²) in [6, 6.07) is 12.1. The van der Waals surface area contributed by atoms with Gasteiger partial charge in [0.15, 0.2) is 0 Å². The number of aromatic nitrogens is 1. The van der Waals surface area contributed by atoms with Gasteiger partial charge < -0.3 is 9.84 Å². The summed E-state index contributed by atoms with van der Waals surface area (Å²) in [5.74, 6) is 0.837. The molecule has 0 amide bonds. The van der Waals surface area contributed by atoms with Crippen LogP contribution in [-0.4, -0.2) is 41.3 Å². The molecule has 0 spiro atoms. The number of hydrogen-bond donors (Lipinski definition) is 1. The molecular formula is C19H26N2O2. The zero-order valence-electron chi connectivity index (χ0n) is 14.4. The topological polar surface area (TPSA) is 45.6 Å². The molecule has 2 unspecified atom stereocenters. The van der Waals surface area contributed by atoms with Crippen molar-refractivity contribution in [3.63, 3.8) is 0 Å². The van der Waals surface area contributed by atoms with Crippen LogP contribution in [-0.2, 0) is 0 Å². The third-order valence-electron chi connectivity index (χ3n) is 4.05. The molecule has 2 atom stereocenters. The summed E-state index contributed by atoms with van der Waals surface area (Å²) in [7, 11) is 1.99. The number of aliphatic hydroxyl groups is 1. The van der Waals surface area contributed by atoms with E-state index in [0.29, 0.717) is 6.54 Å². The van der Waals surface area contributed by atoms with Crippen LogP contribution in [0.25, 0.3) is 0 Å². The molecule has 1 aromatic carbocycles. The molecule has 23 heavy (non-hydrogen) atoms. The van der Waals surface area contributed by atoms with Gasteiger partial charge >= 0.3 is 0 Å². The first-order chi connectivity index (χ1) is 11.0. The highest BCUT2D eigenvalue weighted by molar-refractivity contribution is 5.35. The maximum absolute atomic E-state index is 10.2. The Bertz CT molecular complexity index is 616. The van der Waals surface area contributed by atoms with Crippen LogP contribution in [0, 0.1) is 13.8 Å². The van der Waals surface area contributed by atoms with Crippen LogP contribution in [0.3, 0.4) is 0 Å². The molecule has 0 saturated carbocycles. The molecule has 1 N–H and O–H groups in total.